The first-order valence-electron chi connectivity index (χ1n) is 5.27. The molecule has 0 rings (SSSR count). The van der Waals surface area contributed by atoms with Gasteiger partial charge in [0.1, 0.15) is 0 Å². The lowest BCUT2D eigenvalue weighted by molar-refractivity contribution is 0.210. The summed E-state index contributed by atoms with van der Waals surface area (Å²) < 4.78 is 0. The van der Waals surface area contributed by atoms with Gasteiger partial charge < -0.3 is 5.11 Å². The topological polar surface area (TPSA) is 20.2 Å². The second-order valence-electron chi connectivity index (χ2n) is 3.69. The third kappa shape index (κ3) is 9.27. The average Bonchev–Trinajstić information content (AvgIpc) is 2.13. The molecular weight excluding hydrogens is 172 g/mol. The van der Waals surface area contributed by atoms with Crippen molar-refractivity contribution in [3.8, 4) is 0 Å². The Hall–Kier alpha value is -0.820. The molecule has 0 fully saturated rings. The first kappa shape index (κ1) is 13.2. The molecule has 14 heavy (non-hydrogen) atoms. The molecule has 0 aliphatic rings. The summed E-state index contributed by atoms with van der Waals surface area (Å²) in [6, 6.07) is 0. The van der Waals surface area contributed by atoms with Crippen molar-refractivity contribution < 1.29 is 5.11 Å². The molecule has 0 aromatic heterocycles. The van der Waals surface area contributed by atoms with E-state index in [4.69, 9.17) is 0 Å². The van der Waals surface area contributed by atoms with Gasteiger partial charge in [-0.05, 0) is 40.0 Å². The molecule has 1 heteroatoms. The Morgan fingerprint density at radius 3 is 2.57 bits per heavy atom. The predicted molar refractivity (Wildman–Crippen MR) is 63.2 cm³/mol. The summed E-state index contributed by atoms with van der Waals surface area (Å²) in [5.41, 5.74) is 1.35. The van der Waals surface area contributed by atoms with Crippen molar-refractivity contribution in [1.82, 2.24) is 0 Å². The largest absolute Gasteiger partial charge is 0.389 e. The predicted octanol–water partition coefficient (Wildman–Crippen LogP) is 3.62. The van der Waals surface area contributed by atoms with E-state index in [1.165, 1.54) is 5.57 Å². The van der Waals surface area contributed by atoms with Gasteiger partial charge >= 0.3 is 0 Å². The zero-order chi connectivity index (χ0) is 10.8. The maximum atomic E-state index is 9.50. The molecule has 0 amide bonds. The molecule has 0 unspecified atom stereocenters. The summed E-state index contributed by atoms with van der Waals surface area (Å²) in [5.74, 6) is 0. The van der Waals surface area contributed by atoms with Crippen LogP contribution in [0.3, 0.4) is 0 Å². The maximum Gasteiger partial charge on any atom is 0.0724 e. The van der Waals surface area contributed by atoms with Gasteiger partial charge in [-0.3, -0.25) is 0 Å². The maximum absolute atomic E-state index is 9.50. The summed E-state index contributed by atoms with van der Waals surface area (Å²) in [7, 11) is 0. The molecule has 0 heterocycles. The molecule has 0 aliphatic heterocycles. The fraction of sp³-hybridized carbons (Fsp3) is 0.538. The Labute approximate surface area is 87.8 Å². The molecule has 0 saturated heterocycles. The van der Waals surface area contributed by atoms with Gasteiger partial charge in [0.2, 0.25) is 0 Å². The normalized spacial score (nSPS) is 13.7. The Morgan fingerprint density at radius 2 is 2.00 bits per heavy atom. The lowest BCUT2D eigenvalue weighted by Gasteiger charge is -2.02. The van der Waals surface area contributed by atoms with E-state index in [0.717, 1.165) is 19.3 Å². The summed E-state index contributed by atoms with van der Waals surface area (Å²) in [6.07, 6.45) is 12.5. The number of allylic oxidation sites excluding steroid dienone is 5. The highest BCUT2D eigenvalue weighted by atomic mass is 16.3. The lowest BCUT2D eigenvalue weighted by atomic mass is 10.1. The van der Waals surface area contributed by atoms with Crippen LogP contribution in [0.5, 0.6) is 0 Å². The number of hydrogen-bond acceptors (Lipinski definition) is 1. The monoisotopic (exact) mass is 194 g/mol. The molecule has 80 valence electrons. The number of aliphatic hydroxyl groups excluding tert-OH is 1. The molecule has 0 spiro atoms. The SMILES string of the molecule is C/C=C/C=C/[C@H](O)CCCC=C(C)C. The van der Waals surface area contributed by atoms with Gasteiger partial charge in [0.05, 0.1) is 6.10 Å². The zero-order valence-corrected chi connectivity index (χ0v) is 9.53. The first-order chi connectivity index (χ1) is 6.66. The Morgan fingerprint density at radius 1 is 1.29 bits per heavy atom. The van der Waals surface area contributed by atoms with Gasteiger partial charge in [0.15, 0.2) is 0 Å². The number of unbranched alkanes of at least 4 members (excludes halogenated alkanes) is 1. The van der Waals surface area contributed by atoms with E-state index in [1.807, 2.05) is 31.2 Å². The van der Waals surface area contributed by atoms with E-state index in [0.29, 0.717) is 0 Å². The van der Waals surface area contributed by atoms with E-state index in [2.05, 4.69) is 19.9 Å². The molecule has 0 saturated carbocycles. The van der Waals surface area contributed by atoms with E-state index in [1.54, 1.807) is 0 Å². The summed E-state index contributed by atoms with van der Waals surface area (Å²) in [6.45, 7) is 6.16. The molecule has 1 nitrogen and oxygen atoms in total. The van der Waals surface area contributed by atoms with E-state index in [-0.39, 0.29) is 6.10 Å². The second-order valence-corrected chi connectivity index (χ2v) is 3.69. The highest BCUT2D eigenvalue weighted by molar-refractivity contribution is 5.03. The van der Waals surface area contributed by atoms with Crippen LogP contribution >= 0.6 is 0 Å². The van der Waals surface area contributed by atoms with Crippen LogP contribution in [0.1, 0.15) is 40.0 Å². The molecule has 1 atom stereocenters. The minimum Gasteiger partial charge on any atom is -0.389 e. The van der Waals surface area contributed by atoms with Crippen molar-refractivity contribution in [2.45, 2.75) is 46.1 Å². The van der Waals surface area contributed by atoms with Crippen molar-refractivity contribution in [1.29, 1.82) is 0 Å². The molecule has 1 N–H and O–H groups in total. The molecule has 0 bridgehead atoms. The van der Waals surface area contributed by atoms with Crippen molar-refractivity contribution in [3.63, 3.8) is 0 Å². The highest BCUT2D eigenvalue weighted by Crippen LogP contribution is 2.04. The minimum absolute atomic E-state index is 0.295. The fourth-order valence-electron chi connectivity index (χ4n) is 1.12. The molecule has 0 aromatic rings. The van der Waals surface area contributed by atoms with E-state index in [9.17, 15) is 5.11 Å². The van der Waals surface area contributed by atoms with Gasteiger partial charge in [-0.25, -0.2) is 0 Å². The van der Waals surface area contributed by atoms with Gasteiger partial charge in [0, 0.05) is 0 Å². The molecule has 0 aliphatic carbocycles. The van der Waals surface area contributed by atoms with Crippen LogP contribution in [0.25, 0.3) is 0 Å². The van der Waals surface area contributed by atoms with Crippen LogP contribution in [0.2, 0.25) is 0 Å². The number of hydrogen-bond donors (Lipinski definition) is 1. The zero-order valence-electron chi connectivity index (χ0n) is 9.53. The van der Waals surface area contributed by atoms with Crippen LogP contribution in [0.15, 0.2) is 36.0 Å². The third-order valence-corrected chi connectivity index (χ3v) is 1.89. The van der Waals surface area contributed by atoms with Gasteiger partial charge in [-0.15, -0.1) is 0 Å². The number of rotatable bonds is 6. The summed E-state index contributed by atoms with van der Waals surface area (Å²) >= 11 is 0. The summed E-state index contributed by atoms with van der Waals surface area (Å²) in [5, 5.41) is 9.50. The molecule has 0 aromatic carbocycles. The van der Waals surface area contributed by atoms with Crippen LogP contribution in [0, 0.1) is 0 Å². The van der Waals surface area contributed by atoms with Crippen LogP contribution in [0.4, 0.5) is 0 Å². The fourth-order valence-corrected chi connectivity index (χ4v) is 1.12. The van der Waals surface area contributed by atoms with Crippen molar-refractivity contribution >= 4 is 0 Å². The molecule has 0 radical (unpaired) electrons. The van der Waals surface area contributed by atoms with Gasteiger partial charge in [-0.2, -0.15) is 0 Å². The van der Waals surface area contributed by atoms with Crippen LogP contribution in [-0.4, -0.2) is 11.2 Å². The summed E-state index contributed by atoms with van der Waals surface area (Å²) in [4.78, 5) is 0. The quantitative estimate of drug-likeness (QED) is 0.389. The smallest absolute Gasteiger partial charge is 0.0724 e. The van der Waals surface area contributed by atoms with E-state index >= 15 is 0 Å². The average molecular weight is 194 g/mol. The molecular formula is C13H22O. The third-order valence-electron chi connectivity index (χ3n) is 1.89. The van der Waals surface area contributed by atoms with Crippen LogP contribution in [-0.2, 0) is 0 Å². The lowest BCUT2D eigenvalue weighted by Crippen LogP contribution is -2.00. The van der Waals surface area contributed by atoms with Crippen molar-refractivity contribution in [3.05, 3.63) is 36.0 Å². The van der Waals surface area contributed by atoms with Crippen molar-refractivity contribution in [2.24, 2.45) is 0 Å². The Bertz CT molecular complexity index is 207. The van der Waals surface area contributed by atoms with Crippen LogP contribution < -0.4 is 0 Å². The minimum atomic E-state index is -0.295. The first-order valence-corrected chi connectivity index (χ1v) is 5.27. The number of aliphatic hydroxyl groups is 1. The van der Waals surface area contributed by atoms with Gasteiger partial charge in [0.25, 0.3) is 0 Å². The van der Waals surface area contributed by atoms with Crippen molar-refractivity contribution in [2.75, 3.05) is 0 Å². The highest BCUT2D eigenvalue weighted by Gasteiger charge is 1.96. The Kier molecular flexibility index (Phi) is 8.25. The van der Waals surface area contributed by atoms with Gasteiger partial charge in [-0.1, -0.05) is 36.0 Å². The Balaban J connectivity index is 3.54. The second kappa shape index (κ2) is 8.76. The van der Waals surface area contributed by atoms with E-state index < -0.39 is 0 Å². The standard InChI is InChI=1S/C13H22O/c1-4-5-6-10-13(14)11-8-7-9-12(2)3/h4-6,9-10,13-14H,7-8,11H2,1-3H3/b5-4+,10-6+/t13-/m0/s1.